The van der Waals surface area contributed by atoms with Crippen molar-refractivity contribution in [2.24, 2.45) is 5.92 Å². The number of benzene rings is 1. The van der Waals surface area contributed by atoms with Gasteiger partial charge in [0, 0.05) is 12.1 Å². The first-order valence-corrected chi connectivity index (χ1v) is 10.8. The van der Waals surface area contributed by atoms with Crippen LogP contribution in [-0.4, -0.2) is 30.9 Å². The van der Waals surface area contributed by atoms with E-state index in [-0.39, 0.29) is 37.0 Å². The molecule has 0 radical (unpaired) electrons. The Morgan fingerprint density at radius 1 is 0.929 bits per heavy atom. The molecule has 0 aliphatic heterocycles. The van der Waals surface area contributed by atoms with Crippen LogP contribution in [0, 0.1) is 5.92 Å². The van der Waals surface area contributed by atoms with E-state index < -0.39 is 0 Å². The number of rotatable bonds is 9. The lowest BCUT2D eigenvalue weighted by molar-refractivity contribution is -0.126. The standard InChI is InChI=1S/C23H37N3O2/c1-16(2)23(25-14-21(27)24-15-22(28)26-17(3)4)20-12-10-19(11-13-20)18-8-6-5-7-9-18/h10-13,16-18,23,25H,5-9,14-15H2,1-4H3,(H,24,27)(H,26,28)/t23-/m0/s1. The smallest absolute Gasteiger partial charge is 0.239 e. The molecule has 0 heterocycles. The summed E-state index contributed by atoms with van der Waals surface area (Å²) in [6.07, 6.45) is 6.65. The molecule has 156 valence electrons. The van der Waals surface area contributed by atoms with E-state index in [2.05, 4.69) is 54.1 Å². The molecule has 3 N–H and O–H groups in total. The zero-order valence-electron chi connectivity index (χ0n) is 17.9. The van der Waals surface area contributed by atoms with E-state index in [1.54, 1.807) is 0 Å². The highest BCUT2D eigenvalue weighted by Crippen LogP contribution is 2.33. The fourth-order valence-corrected chi connectivity index (χ4v) is 3.97. The molecule has 5 heteroatoms. The topological polar surface area (TPSA) is 70.2 Å². The van der Waals surface area contributed by atoms with Crippen molar-refractivity contribution in [3.8, 4) is 0 Å². The third-order valence-corrected chi connectivity index (χ3v) is 5.42. The Hall–Kier alpha value is -1.88. The molecule has 1 aliphatic rings. The van der Waals surface area contributed by atoms with Crippen LogP contribution in [0.25, 0.3) is 0 Å². The number of hydrogen-bond donors (Lipinski definition) is 3. The van der Waals surface area contributed by atoms with Crippen LogP contribution in [0.1, 0.15) is 82.9 Å². The molecule has 5 nitrogen and oxygen atoms in total. The number of carbonyl (C=O) groups is 2. The van der Waals surface area contributed by atoms with Crippen molar-refractivity contribution in [1.82, 2.24) is 16.0 Å². The monoisotopic (exact) mass is 387 g/mol. The molecule has 0 unspecified atom stereocenters. The zero-order chi connectivity index (χ0) is 20.5. The summed E-state index contributed by atoms with van der Waals surface area (Å²) in [5.41, 5.74) is 2.65. The van der Waals surface area contributed by atoms with Crippen molar-refractivity contribution in [2.45, 2.75) is 77.8 Å². The van der Waals surface area contributed by atoms with E-state index in [0.717, 1.165) is 0 Å². The van der Waals surface area contributed by atoms with Gasteiger partial charge in [0.2, 0.25) is 11.8 Å². The van der Waals surface area contributed by atoms with Gasteiger partial charge in [-0.3, -0.25) is 9.59 Å². The van der Waals surface area contributed by atoms with Gasteiger partial charge in [-0.15, -0.1) is 0 Å². The quantitative estimate of drug-likeness (QED) is 0.606. The Balaban J connectivity index is 1.86. The molecule has 28 heavy (non-hydrogen) atoms. The highest BCUT2D eigenvalue weighted by molar-refractivity contribution is 5.85. The molecule has 0 saturated heterocycles. The SMILES string of the molecule is CC(C)NC(=O)CNC(=O)CN[C@H](c1ccc(C2CCCCC2)cc1)C(C)C. The van der Waals surface area contributed by atoms with E-state index >= 15 is 0 Å². The summed E-state index contributed by atoms with van der Waals surface area (Å²) in [5.74, 6) is 0.735. The van der Waals surface area contributed by atoms with Crippen LogP contribution in [0.3, 0.4) is 0 Å². The van der Waals surface area contributed by atoms with Gasteiger partial charge < -0.3 is 16.0 Å². The Morgan fingerprint density at radius 2 is 1.57 bits per heavy atom. The Labute approximate surface area is 170 Å². The maximum atomic E-state index is 12.1. The van der Waals surface area contributed by atoms with Crippen molar-refractivity contribution in [3.63, 3.8) is 0 Å². The summed E-state index contributed by atoms with van der Waals surface area (Å²) >= 11 is 0. The summed E-state index contributed by atoms with van der Waals surface area (Å²) in [5, 5.41) is 8.79. The second-order valence-corrected chi connectivity index (χ2v) is 8.60. The van der Waals surface area contributed by atoms with Crippen LogP contribution in [0.15, 0.2) is 24.3 Å². The van der Waals surface area contributed by atoms with Gasteiger partial charge in [-0.25, -0.2) is 0 Å². The largest absolute Gasteiger partial charge is 0.352 e. The van der Waals surface area contributed by atoms with E-state index in [1.807, 2.05) is 13.8 Å². The molecule has 1 aromatic rings. The maximum Gasteiger partial charge on any atom is 0.239 e. The van der Waals surface area contributed by atoms with Crippen LogP contribution < -0.4 is 16.0 Å². The number of hydrogen-bond acceptors (Lipinski definition) is 3. The molecule has 1 saturated carbocycles. The highest BCUT2D eigenvalue weighted by atomic mass is 16.2. The minimum atomic E-state index is -0.165. The average molecular weight is 388 g/mol. The summed E-state index contributed by atoms with van der Waals surface area (Å²) in [6.45, 7) is 8.31. The lowest BCUT2D eigenvalue weighted by Crippen LogP contribution is -2.43. The normalized spacial score (nSPS) is 16.2. The lowest BCUT2D eigenvalue weighted by atomic mass is 9.83. The second kappa shape index (κ2) is 11.2. The van der Waals surface area contributed by atoms with Crippen LogP contribution in [0.5, 0.6) is 0 Å². The molecule has 1 aromatic carbocycles. The Bertz CT molecular complexity index is 619. The first-order chi connectivity index (χ1) is 13.4. The van der Waals surface area contributed by atoms with Crippen molar-refractivity contribution >= 4 is 11.8 Å². The molecular weight excluding hydrogens is 350 g/mol. The minimum absolute atomic E-state index is 0.0150. The minimum Gasteiger partial charge on any atom is -0.352 e. The van der Waals surface area contributed by atoms with Gasteiger partial charge in [0.1, 0.15) is 0 Å². The van der Waals surface area contributed by atoms with Crippen LogP contribution in [0.2, 0.25) is 0 Å². The number of carbonyl (C=O) groups excluding carboxylic acids is 2. The predicted molar refractivity (Wildman–Crippen MR) is 114 cm³/mol. The van der Waals surface area contributed by atoms with E-state index in [1.165, 1.54) is 43.2 Å². The van der Waals surface area contributed by atoms with E-state index in [0.29, 0.717) is 11.8 Å². The van der Waals surface area contributed by atoms with Gasteiger partial charge in [-0.2, -0.15) is 0 Å². The van der Waals surface area contributed by atoms with Gasteiger partial charge >= 0.3 is 0 Å². The van der Waals surface area contributed by atoms with Crippen molar-refractivity contribution < 1.29 is 9.59 Å². The third-order valence-electron chi connectivity index (χ3n) is 5.42. The maximum absolute atomic E-state index is 12.1. The molecule has 2 amide bonds. The van der Waals surface area contributed by atoms with Gasteiger partial charge in [0.25, 0.3) is 0 Å². The van der Waals surface area contributed by atoms with Crippen LogP contribution in [0.4, 0.5) is 0 Å². The molecule has 0 bridgehead atoms. The van der Waals surface area contributed by atoms with Gasteiger partial charge in [0.15, 0.2) is 0 Å². The first-order valence-electron chi connectivity index (χ1n) is 10.8. The fraction of sp³-hybridized carbons (Fsp3) is 0.652. The van der Waals surface area contributed by atoms with Gasteiger partial charge in [-0.05, 0) is 49.7 Å². The third kappa shape index (κ3) is 7.27. The molecule has 1 aliphatic carbocycles. The number of amides is 2. The lowest BCUT2D eigenvalue weighted by Gasteiger charge is -2.25. The molecule has 0 spiro atoms. The summed E-state index contributed by atoms with van der Waals surface area (Å²) in [4.78, 5) is 23.7. The Kier molecular flexibility index (Phi) is 8.97. The average Bonchev–Trinajstić information content (AvgIpc) is 2.67. The molecular formula is C23H37N3O2. The molecule has 0 aromatic heterocycles. The fourth-order valence-electron chi connectivity index (χ4n) is 3.97. The van der Waals surface area contributed by atoms with Gasteiger partial charge in [0.05, 0.1) is 13.1 Å². The molecule has 2 rings (SSSR count). The number of nitrogens with one attached hydrogen (secondary N) is 3. The van der Waals surface area contributed by atoms with E-state index in [9.17, 15) is 9.59 Å². The summed E-state index contributed by atoms with van der Waals surface area (Å²) in [6, 6.07) is 9.11. The van der Waals surface area contributed by atoms with Crippen molar-refractivity contribution in [3.05, 3.63) is 35.4 Å². The predicted octanol–water partition coefficient (Wildman–Crippen LogP) is 3.66. The van der Waals surface area contributed by atoms with E-state index in [4.69, 9.17) is 0 Å². The van der Waals surface area contributed by atoms with Gasteiger partial charge in [-0.1, -0.05) is 57.4 Å². The summed E-state index contributed by atoms with van der Waals surface area (Å²) < 4.78 is 0. The van der Waals surface area contributed by atoms with Crippen LogP contribution >= 0.6 is 0 Å². The van der Waals surface area contributed by atoms with Crippen molar-refractivity contribution in [2.75, 3.05) is 13.1 Å². The molecule has 1 fully saturated rings. The first kappa shape index (κ1) is 22.4. The molecule has 1 atom stereocenters. The van der Waals surface area contributed by atoms with Crippen LogP contribution in [-0.2, 0) is 9.59 Å². The second-order valence-electron chi connectivity index (χ2n) is 8.60. The summed E-state index contributed by atoms with van der Waals surface area (Å²) in [7, 11) is 0. The highest BCUT2D eigenvalue weighted by Gasteiger charge is 2.19. The van der Waals surface area contributed by atoms with Crippen molar-refractivity contribution in [1.29, 1.82) is 0 Å². The Morgan fingerprint density at radius 3 is 2.14 bits per heavy atom. The zero-order valence-corrected chi connectivity index (χ0v) is 17.9.